The molecule has 27 heavy (non-hydrogen) atoms. The second kappa shape index (κ2) is 7.36. The van der Waals surface area contributed by atoms with E-state index < -0.39 is 41.7 Å². The molecular weight excluding hydrogens is 386 g/mol. The normalized spacial score (nSPS) is 11.4. The van der Waals surface area contributed by atoms with Crippen molar-refractivity contribution in [2.75, 3.05) is 11.9 Å². The number of rotatable bonds is 4. The first-order chi connectivity index (χ1) is 12.7. The number of thiophene rings is 1. The molecule has 1 aromatic heterocycles. The third-order valence-electron chi connectivity index (χ3n) is 3.52. The highest BCUT2D eigenvalue weighted by Gasteiger charge is 2.33. The highest BCUT2D eigenvalue weighted by atomic mass is 32.1. The van der Waals surface area contributed by atoms with Crippen molar-refractivity contribution in [3.05, 3.63) is 64.8 Å². The highest BCUT2D eigenvalue weighted by Crippen LogP contribution is 2.34. The molecule has 0 bridgehead atoms. The Morgan fingerprint density at radius 2 is 1.81 bits per heavy atom. The van der Waals surface area contributed by atoms with Crippen LogP contribution in [-0.4, -0.2) is 18.5 Å². The van der Waals surface area contributed by atoms with E-state index in [0.29, 0.717) is 10.1 Å². The second-order valence-electron chi connectivity index (χ2n) is 5.46. The van der Waals surface area contributed by atoms with Crippen molar-refractivity contribution in [2.24, 2.45) is 0 Å². The van der Waals surface area contributed by atoms with Crippen LogP contribution in [0, 0.1) is 5.82 Å². The van der Waals surface area contributed by atoms with E-state index in [1.807, 2.05) is 0 Å². The molecule has 4 nitrogen and oxygen atoms in total. The van der Waals surface area contributed by atoms with Crippen LogP contribution in [0.1, 0.15) is 15.2 Å². The van der Waals surface area contributed by atoms with Crippen LogP contribution in [-0.2, 0) is 15.7 Å². The van der Waals surface area contributed by atoms with Crippen molar-refractivity contribution in [1.29, 1.82) is 0 Å². The Balaban J connectivity index is 1.64. The first-order valence-electron chi connectivity index (χ1n) is 7.56. The number of anilines is 1. The van der Waals surface area contributed by atoms with Gasteiger partial charge in [-0.25, -0.2) is 9.18 Å². The molecule has 0 aliphatic rings. The average molecular weight is 397 g/mol. The third kappa shape index (κ3) is 4.43. The van der Waals surface area contributed by atoms with Crippen LogP contribution in [0.25, 0.3) is 10.1 Å². The molecular formula is C18H11F4NO3S. The summed E-state index contributed by atoms with van der Waals surface area (Å²) in [6.45, 7) is -0.756. The van der Waals surface area contributed by atoms with Gasteiger partial charge in [0.25, 0.3) is 5.91 Å². The lowest BCUT2D eigenvalue weighted by molar-refractivity contribution is -0.137. The zero-order valence-electron chi connectivity index (χ0n) is 13.5. The smallest absolute Gasteiger partial charge is 0.418 e. The predicted octanol–water partition coefficient (Wildman–Crippen LogP) is 4.85. The number of fused-ring (bicyclic) bond motifs is 1. The van der Waals surface area contributed by atoms with Crippen LogP contribution in [0.2, 0.25) is 0 Å². The van der Waals surface area contributed by atoms with Crippen molar-refractivity contribution in [1.82, 2.24) is 0 Å². The molecule has 0 unspecified atom stereocenters. The van der Waals surface area contributed by atoms with E-state index >= 15 is 0 Å². The Bertz CT molecular complexity index is 1010. The molecule has 0 fully saturated rings. The van der Waals surface area contributed by atoms with Gasteiger partial charge in [0.1, 0.15) is 10.7 Å². The number of carbonyl (C=O) groups is 2. The van der Waals surface area contributed by atoms with Gasteiger partial charge < -0.3 is 10.1 Å². The summed E-state index contributed by atoms with van der Waals surface area (Å²) in [6, 6.07) is 9.90. The van der Waals surface area contributed by atoms with Gasteiger partial charge in [0.05, 0.1) is 11.3 Å². The van der Waals surface area contributed by atoms with E-state index in [4.69, 9.17) is 4.74 Å². The Labute approximate surface area is 154 Å². The van der Waals surface area contributed by atoms with E-state index in [2.05, 4.69) is 5.32 Å². The lowest BCUT2D eigenvalue weighted by atomic mass is 10.1. The fraction of sp³-hybridized carbons (Fsp3) is 0.111. The van der Waals surface area contributed by atoms with E-state index in [9.17, 15) is 27.2 Å². The highest BCUT2D eigenvalue weighted by molar-refractivity contribution is 7.20. The fourth-order valence-corrected chi connectivity index (χ4v) is 3.28. The van der Waals surface area contributed by atoms with Crippen LogP contribution >= 0.6 is 11.3 Å². The molecule has 9 heteroatoms. The monoisotopic (exact) mass is 397 g/mol. The summed E-state index contributed by atoms with van der Waals surface area (Å²) in [5.41, 5.74) is -1.43. The van der Waals surface area contributed by atoms with Crippen LogP contribution in [0.15, 0.2) is 48.5 Å². The van der Waals surface area contributed by atoms with Crippen LogP contribution in [0.3, 0.4) is 0 Å². The number of benzene rings is 2. The Hall–Kier alpha value is -2.94. The number of halogens is 4. The predicted molar refractivity (Wildman–Crippen MR) is 92.1 cm³/mol. The van der Waals surface area contributed by atoms with Crippen molar-refractivity contribution in [3.8, 4) is 0 Å². The van der Waals surface area contributed by atoms with Crippen molar-refractivity contribution >= 4 is 39.0 Å². The number of alkyl halides is 3. The van der Waals surface area contributed by atoms with Gasteiger partial charge >= 0.3 is 12.1 Å². The Kier molecular flexibility index (Phi) is 5.13. The number of nitrogens with one attached hydrogen (secondary N) is 1. The molecule has 3 rings (SSSR count). The van der Waals surface area contributed by atoms with Gasteiger partial charge in [-0.2, -0.15) is 13.2 Å². The maximum absolute atomic E-state index is 13.2. The van der Waals surface area contributed by atoms with Gasteiger partial charge in [-0.15, -0.1) is 11.3 Å². The number of ether oxygens (including phenoxy) is 1. The molecule has 0 spiro atoms. The molecule has 0 aliphatic heterocycles. The van der Waals surface area contributed by atoms with E-state index in [0.717, 1.165) is 23.5 Å². The summed E-state index contributed by atoms with van der Waals surface area (Å²) in [6.07, 6.45) is -4.63. The zero-order valence-corrected chi connectivity index (χ0v) is 14.3. The second-order valence-corrected chi connectivity index (χ2v) is 6.54. The maximum Gasteiger partial charge on any atom is 0.418 e. The summed E-state index contributed by atoms with van der Waals surface area (Å²) >= 11 is 1.05. The molecule has 1 amide bonds. The van der Waals surface area contributed by atoms with Gasteiger partial charge in [0.15, 0.2) is 6.61 Å². The van der Waals surface area contributed by atoms with Crippen LogP contribution in [0.5, 0.6) is 0 Å². The first kappa shape index (κ1) is 18.8. The largest absolute Gasteiger partial charge is 0.451 e. The molecule has 2 aromatic carbocycles. The topological polar surface area (TPSA) is 55.4 Å². The lowest BCUT2D eigenvalue weighted by Crippen LogP contribution is -2.22. The Morgan fingerprint density at radius 1 is 1.07 bits per heavy atom. The van der Waals surface area contributed by atoms with Gasteiger partial charge in [-0.05, 0) is 41.8 Å². The molecule has 3 aromatic rings. The molecule has 0 radical (unpaired) electrons. The minimum absolute atomic E-state index is 0.152. The molecule has 0 saturated carbocycles. The summed E-state index contributed by atoms with van der Waals surface area (Å²) in [4.78, 5) is 24.0. The molecule has 0 atom stereocenters. The summed E-state index contributed by atoms with van der Waals surface area (Å²) in [7, 11) is 0. The molecule has 0 aliphatic carbocycles. The number of hydrogen-bond acceptors (Lipinski definition) is 4. The minimum Gasteiger partial charge on any atom is -0.451 e. The van der Waals surface area contributed by atoms with Crippen LogP contribution in [0.4, 0.5) is 23.2 Å². The quantitative estimate of drug-likeness (QED) is 0.506. The number of carbonyl (C=O) groups excluding carboxylic acids is 2. The maximum atomic E-state index is 13.2. The lowest BCUT2D eigenvalue weighted by Gasteiger charge is -2.13. The van der Waals surface area contributed by atoms with Crippen molar-refractivity contribution in [2.45, 2.75) is 6.18 Å². The van der Waals surface area contributed by atoms with Gasteiger partial charge in [0, 0.05) is 4.70 Å². The first-order valence-corrected chi connectivity index (χ1v) is 8.38. The summed E-state index contributed by atoms with van der Waals surface area (Å²) in [5, 5.41) is 2.59. The van der Waals surface area contributed by atoms with E-state index in [-0.39, 0.29) is 4.88 Å². The molecule has 1 heterocycles. The van der Waals surface area contributed by atoms with Crippen LogP contribution < -0.4 is 5.32 Å². The third-order valence-corrected chi connectivity index (χ3v) is 4.62. The average Bonchev–Trinajstić information content (AvgIpc) is 3.02. The summed E-state index contributed by atoms with van der Waals surface area (Å²) < 4.78 is 57.4. The molecule has 0 saturated heterocycles. The van der Waals surface area contributed by atoms with E-state index in [1.165, 1.54) is 36.4 Å². The van der Waals surface area contributed by atoms with Gasteiger partial charge in [-0.1, -0.05) is 12.1 Å². The minimum atomic E-state index is -4.63. The van der Waals surface area contributed by atoms with Gasteiger partial charge in [0.2, 0.25) is 0 Å². The number of hydrogen-bond donors (Lipinski definition) is 1. The molecule has 1 N–H and O–H groups in total. The number of para-hydroxylation sites is 1. The van der Waals surface area contributed by atoms with Crippen molar-refractivity contribution < 1.29 is 31.9 Å². The van der Waals surface area contributed by atoms with Crippen molar-refractivity contribution in [3.63, 3.8) is 0 Å². The zero-order chi connectivity index (χ0) is 19.6. The fourth-order valence-electron chi connectivity index (χ4n) is 2.34. The summed E-state index contributed by atoms with van der Waals surface area (Å²) in [5.74, 6) is -2.19. The van der Waals surface area contributed by atoms with E-state index in [1.54, 1.807) is 0 Å². The van der Waals surface area contributed by atoms with Gasteiger partial charge in [-0.3, -0.25) is 4.79 Å². The number of esters is 1. The SMILES string of the molecule is O=C(COC(=O)c1cc2cc(F)ccc2s1)Nc1ccccc1C(F)(F)F. The standard InChI is InChI=1S/C18H11F4NO3S/c19-11-5-6-14-10(7-11)8-15(27-14)17(25)26-9-16(24)23-13-4-2-1-3-12(13)18(20,21)22/h1-8H,9H2,(H,23,24). The Morgan fingerprint density at radius 3 is 2.56 bits per heavy atom. The number of amides is 1. The molecule has 140 valence electrons.